The standard InChI is InChI=1S/C42H72O7/c1-7-11-31-14-16-34(17-15-31)35-18-19-39(33(8-2)24-35)38-25-36(12-9-21-48-41(45)29(3)4)40(47-23-20-32(27-43)28-44)37(26-38)13-10-22-49-42(46)30(5)6/h31-40,43-44H,3,5,7-28H2,1-2,4,6H3. The van der Waals surface area contributed by atoms with E-state index in [0.29, 0.717) is 55.1 Å². The Labute approximate surface area is 299 Å². The summed E-state index contributed by atoms with van der Waals surface area (Å²) < 4.78 is 17.7. The molecular formula is C42H72O7. The summed E-state index contributed by atoms with van der Waals surface area (Å²) in [6.07, 6.45) is 20.1. The zero-order valence-corrected chi connectivity index (χ0v) is 31.7. The van der Waals surface area contributed by atoms with Crippen molar-refractivity contribution in [2.75, 3.05) is 33.0 Å². The van der Waals surface area contributed by atoms with Crippen molar-refractivity contribution in [1.82, 2.24) is 0 Å². The van der Waals surface area contributed by atoms with Crippen LogP contribution in [0.5, 0.6) is 0 Å². The fourth-order valence-corrected chi connectivity index (χ4v) is 9.79. The van der Waals surface area contributed by atoms with Crippen molar-refractivity contribution in [3.63, 3.8) is 0 Å². The lowest BCUT2D eigenvalue weighted by molar-refractivity contribution is -0.139. The lowest BCUT2D eigenvalue weighted by Crippen LogP contribution is -2.44. The molecule has 3 saturated carbocycles. The van der Waals surface area contributed by atoms with Gasteiger partial charge in [0.05, 0.1) is 19.3 Å². The normalized spacial score (nSPS) is 30.6. The van der Waals surface area contributed by atoms with Gasteiger partial charge in [-0.25, -0.2) is 9.59 Å². The van der Waals surface area contributed by atoms with Crippen LogP contribution in [0.25, 0.3) is 0 Å². The van der Waals surface area contributed by atoms with E-state index in [1.54, 1.807) is 13.8 Å². The van der Waals surface area contributed by atoms with Crippen LogP contribution in [0.4, 0.5) is 0 Å². The summed E-state index contributed by atoms with van der Waals surface area (Å²) in [5.74, 6) is 4.67. The summed E-state index contributed by atoms with van der Waals surface area (Å²) in [4.78, 5) is 24.2. The number of aliphatic hydroxyl groups is 2. The van der Waals surface area contributed by atoms with Crippen LogP contribution in [-0.2, 0) is 23.8 Å². The third-order valence-electron chi connectivity index (χ3n) is 12.6. The number of carbonyl (C=O) groups is 2. The van der Waals surface area contributed by atoms with Crippen LogP contribution < -0.4 is 0 Å². The minimum absolute atomic E-state index is 0.0395. The molecule has 3 aliphatic carbocycles. The first-order chi connectivity index (χ1) is 23.6. The molecule has 282 valence electrons. The second kappa shape index (κ2) is 22.3. The minimum atomic E-state index is -0.336. The highest BCUT2D eigenvalue weighted by molar-refractivity contribution is 5.87. The van der Waals surface area contributed by atoms with Crippen molar-refractivity contribution in [3.05, 3.63) is 24.3 Å². The molecule has 49 heavy (non-hydrogen) atoms. The van der Waals surface area contributed by atoms with Crippen molar-refractivity contribution in [2.45, 2.75) is 143 Å². The highest BCUT2D eigenvalue weighted by Crippen LogP contribution is 2.52. The largest absolute Gasteiger partial charge is 0.462 e. The van der Waals surface area contributed by atoms with E-state index in [1.165, 1.54) is 64.2 Å². The van der Waals surface area contributed by atoms with Gasteiger partial charge in [0.15, 0.2) is 0 Å². The van der Waals surface area contributed by atoms with Crippen molar-refractivity contribution >= 4 is 11.9 Å². The van der Waals surface area contributed by atoms with Gasteiger partial charge in [-0.15, -0.1) is 0 Å². The van der Waals surface area contributed by atoms with Gasteiger partial charge in [0.2, 0.25) is 0 Å². The van der Waals surface area contributed by atoms with Crippen molar-refractivity contribution < 1.29 is 34.0 Å². The van der Waals surface area contributed by atoms with Crippen LogP contribution in [-0.4, -0.2) is 61.3 Å². The van der Waals surface area contributed by atoms with Gasteiger partial charge in [0.1, 0.15) is 0 Å². The van der Waals surface area contributed by atoms with Crippen molar-refractivity contribution in [3.8, 4) is 0 Å². The molecular weight excluding hydrogens is 616 g/mol. The third-order valence-corrected chi connectivity index (χ3v) is 12.6. The number of hydrogen-bond donors (Lipinski definition) is 2. The Kier molecular flexibility index (Phi) is 19.0. The summed E-state index contributed by atoms with van der Waals surface area (Å²) in [6.45, 7) is 16.7. The molecule has 3 aliphatic rings. The van der Waals surface area contributed by atoms with E-state index in [-0.39, 0.29) is 37.2 Å². The van der Waals surface area contributed by atoms with E-state index in [4.69, 9.17) is 14.2 Å². The average Bonchev–Trinajstić information content (AvgIpc) is 3.10. The number of ether oxygens (including phenoxy) is 3. The zero-order chi connectivity index (χ0) is 35.8. The molecule has 0 aromatic heterocycles. The molecule has 3 fully saturated rings. The maximum absolute atomic E-state index is 12.1. The molecule has 7 nitrogen and oxygen atoms in total. The van der Waals surface area contributed by atoms with Gasteiger partial charge >= 0.3 is 11.9 Å². The molecule has 0 spiro atoms. The lowest BCUT2D eigenvalue weighted by atomic mass is 9.58. The predicted octanol–water partition coefficient (Wildman–Crippen LogP) is 8.85. The summed E-state index contributed by atoms with van der Waals surface area (Å²) in [5.41, 5.74) is 0.841. The fraction of sp³-hybridized carbons (Fsp3) is 0.857. The van der Waals surface area contributed by atoms with Crippen LogP contribution in [0.2, 0.25) is 0 Å². The molecule has 5 unspecified atom stereocenters. The quantitative estimate of drug-likeness (QED) is 0.0706. The predicted molar refractivity (Wildman–Crippen MR) is 197 cm³/mol. The van der Waals surface area contributed by atoms with Gasteiger partial charge in [0.25, 0.3) is 0 Å². The first kappa shape index (κ1) is 41.7. The smallest absolute Gasteiger partial charge is 0.333 e. The third kappa shape index (κ3) is 13.4. The van der Waals surface area contributed by atoms with Crippen LogP contribution in [0.1, 0.15) is 137 Å². The van der Waals surface area contributed by atoms with E-state index in [2.05, 4.69) is 27.0 Å². The molecule has 5 atom stereocenters. The lowest BCUT2D eigenvalue weighted by Gasteiger charge is -2.49. The van der Waals surface area contributed by atoms with Crippen LogP contribution >= 0.6 is 0 Å². The second-order valence-electron chi connectivity index (χ2n) is 16.2. The van der Waals surface area contributed by atoms with Crippen LogP contribution in [0.15, 0.2) is 24.3 Å². The topological polar surface area (TPSA) is 102 Å². The van der Waals surface area contributed by atoms with Gasteiger partial charge in [-0.2, -0.15) is 0 Å². The van der Waals surface area contributed by atoms with E-state index < -0.39 is 0 Å². The molecule has 0 amide bonds. The van der Waals surface area contributed by atoms with Gasteiger partial charge < -0.3 is 24.4 Å². The Morgan fingerprint density at radius 2 is 1.22 bits per heavy atom. The van der Waals surface area contributed by atoms with E-state index >= 15 is 0 Å². The maximum atomic E-state index is 12.1. The summed E-state index contributed by atoms with van der Waals surface area (Å²) in [5, 5.41) is 19.3. The molecule has 2 N–H and O–H groups in total. The monoisotopic (exact) mass is 689 g/mol. The van der Waals surface area contributed by atoms with E-state index in [0.717, 1.165) is 68.1 Å². The van der Waals surface area contributed by atoms with E-state index in [1.807, 2.05) is 0 Å². The Bertz CT molecular complexity index is 953. The first-order valence-electron chi connectivity index (χ1n) is 20.1. The molecule has 0 heterocycles. The van der Waals surface area contributed by atoms with Gasteiger partial charge in [0, 0.05) is 36.9 Å². The molecule has 0 bridgehead atoms. The van der Waals surface area contributed by atoms with E-state index in [9.17, 15) is 19.8 Å². The Hall–Kier alpha value is -1.70. The Morgan fingerprint density at radius 3 is 1.71 bits per heavy atom. The van der Waals surface area contributed by atoms with Gasteiger partial charge in [-0.1, -0.05) is 59.1 Å². The number of hydrogen-bond acceptors (Lipinski definition) is 7. The second-order valence-corrected chi connectivity index (χ2v) is 16.2. The Morgan fingerprint density at radius 1 is 0.694 bits per heavy atom. The Balaban J connectivity index is 1.74. The molecule has 0 aromatic rings. The number of carbonyl (C=O) groups excluding carboxylic acids is 2. The summed E-state index contributed by atoms with van der Waals surface area (Å²) in [6, 6.07) is 0. The zero-order valence-electron chi connectivity index (χ0n) is 31.7. The average molecular weight is 689 g/mol. The SMILES string of the molecule is C=C(C)C(=O)OCCCC1CC(C2CCC(C3CCC(CCC)CC3)CC2CC)CC(CCCOC(=O)C(=C)C)C1OCCC(CO)CO. The number of aliphatic hydroxyl groups excluding tert-OH is 2. The van der Waals surface area contributed by atoms with Gasteiger partial charge in [-0.05, 0) is 138 Å². The molecule has 3 rings (SSSR count). The number of esters is 2. The molecule has 0 saturated heterocycles. The summed E-state index contributed by atoms with van der Waals surface area (Å²) in [7, 11) is 0. The van der Waals surface area contributed by atoms with Crippen LogP contribution in [0, 0.1) is 53.3 Å². The molecule has 0 radical (unpaired) electrons. The first-order valence-corrected chi connectivity index (χ1v) is 20.1. The maximum Gasteiger partial charge on any atom is 0.333 e. The highest BCUT2D eigenvalue weighted by Gasteiger charge is 2.44. The molecule has 0 aromatic carbocycles. The highest BCUT2D eigenvalue weighted by atomic mass is 16.5. The van der Waals surface area contributed by atoms with Crippen molar-refractivity contribution in [1.29, 1.82) is 0 Å². The summed E-state index contributed by atoms with van der Waals surface area (Å²) >= 11 is 0. The molecule has 7 heteroatoms. The number of rotatable bonds is 21. The minimum Gasteiger partial charge on any atom is -0.462 e. The molecule has 0 aliphatic heterocycles. The fourth-order valence-electron chi connectivity index (χ4n) is 9.79. The van der Waals surface area contributed by atoms with Gasteiger partial charge in [-0.3, -0.25) is 0 Å². The van der Waals surface area contributed by atoms with Crippen LogP contribution in [0.3, 0.4) is 0 Å². The van der Waals surface area contributed by atoms with Crippen molar-refractivity contribution in [2.24, 2.45) is 53.3 Å².